The Labute approximate surface area is 79.2 Å². The number of rotatable bonds is 2. The van der Waals surface area contributed by atoms with Crippen LogP contribution >= 0.6 is 11.3 Å². The van der Waals surface area contributed by atoms with Crippen LogP contribution in [0.1, 0.15) is 18.7 Å². The molecule has 0 aliphatic heterocycles. The Kier molecular flexibility index (Phi) is 2.07. The van der Waals surface area contributed by atoms with Crippen LogP contribution in [0.4, 0.5) is 0 Å². The summed E-state index contributed by atoms with van der Waals surface area (Å²) in [6.45, 7) is 1.91. The van der Waals surface area contributed by atoms with Gasteiger partial charge in [-0.15, -0.1) is 21.5 Å². The molecule has 2 aromatic heterocycles. The summed E-state index contributed by atoms with van der Waals surface area (Å²) >= 11 is 1.53. The lowest BCUT2D eigenvalue weighted by molar-refractivity contribution is 0.784. The summed E-state index contributed by atoms with van der Waals surface area (Å²) in [5.41, 5.74) is 6.58. The Morgan fingerprint density at radius 1 is 1.46 bits per heavy atom. The van der Waals surface area contributed by atoms with Gasteiger partial charge in [0.25, 0.3) is 0 Å². The first-order valence-electron chi connectivity index (χ1n) is 3.83. The highest BCUT2D eigenvalue weighted by molar-refractivity contribution is 7.12. The molecule has 0 radical (unpaired) electrons. The molecule has 2 N–H and O–H groups in total. The van der Waals surface area contributed by atoms with Crippen molar-refractivity contribution in [3.05, 3.63) is 23.7 Å². The molecule has 0 fully saturated rings. The van der Waals surface area contributed by atoms with Gasteiger partial charge in [0, 0.05) is 11.4 Å². The summed E-state index contributed by atoms with van der Waals surface area (Å²) in [7, 11) is 0. The van der Waals surface area contributed by atoms with E-state index in [2.05, 4.69) is 15.2 Å². The second kappa shape index (κ2) is 3.23. The molecule has 1 atom stereocenters. The molecule has 0 aliphatic rings. The molecule has 0 amide bonds. The number of hydrogen-bond acceptors (Lipinski definition) is 5. The smallest absolute Gasteiger partial charge is 0.196 e. The van der Waals surface area contributed by atoms with Gasteiger partial charge >= 0.3 is 0 Å². The van der Waals surface area contributed by atoms with Crippen LogP contribution in [0.5, 0.6) is 0 Å². The van der Waals surface area contributed by atoms with E-state index >= 15 is 0 Å². The topological polar surface area (TPSA) is 69.6 Å². The number of nitrogens with two attached hydrogens (primary N) is 1. The maximum atomic E-state index is 5.68. The van der Waals surface area contributed by atoms with Gasteiger partial charge in [-0.05, 0) is 6.92 Å². The van der Waals surface area contributed by atoms with Gasteiger partial charge < -0.3 is 5.73 Å². The molecular weight excluding hydrogens is 186 g/mol. The minimum Gasteiger partial charge on any atom is -0.323 e. The zero-order valence-electron chi connectivity index (χ0n) is 7.08. The first kappa shape index (κ1) is 8.33. The van der Waals surface area contributed by atoms with E-state index in [0.29, 0.717) is 0 Å². The Balaban J connectivity index is 2.33. The van der Waals surface area contributed by atoms with E-state index < -0.39 is 0 Å². The Bertz CT molecular complexity index is 377. The van der Waals surface area contributed by atoms with E-state index in [1.807, 2.05) is 12.3 Å². The van der Waals surface area contributed by atoms with Crippen LogP contribution in [0.15, 0.2) is 18.0 Å². The molecule has 0 aromatic carbocycles. The largest absolute Gasteiger partial charge is 0.323 e. The lowest BCUT2D eigenvalue weighted by Crippen LogP contribution is -2.05. The third kappa shape index (κ3) is 1.58. The highest BCUT2D eigenvalue weighted by Gasteiger charge is 2.06. The van der Waals surface area contributed by atoms with E-state index in [0.717, 1.165) is 10.8 Å². The number of thiazole rings is 1. The van der Waals surface area contributed by atoms with Gasteiger partial charge in [-0.25, -0.2) is 4.98 Å². The lowest BCUT2D eigenvalue weighted by Gasteiger charge is -1.97. The van der Waals surface area contributed by atoms with Crippen LogP contribution in [-0.2, 0) is 0 Å². The average molecular weight is 195 g/mol. The molecule has 0 bridgehead atoms. The lowest BCUT2D eigenvalue weighted by atomic mass is 10.3. The van der Waals surface area contributed by atoms with Crippen molar-refractivity contribution in [2.45, 2.75) is 13.0 Å². The minimum absolute atomic E-state index is 0.0264. The summed E-state index contributed by atoms with van der Waals surface area (Å²) in [5, 5.41) is 10.2. The SMILES string of the molecule is C[C@@H](N)c1csc(-n2cnnc2)n1. The molecule has 2 aromatic rings. The van der Waals surface area contributed by atoms with Crippen LogP contribution in [0, 0.1) is 0 Å². The predicted molar refractivity (Wildman–Crippen MR) is 49.6 cm³/mol. The quantitative estimate of drug-likeness (QED) is 0.767. The highest BCUT2D eigenvalue weighted by atomic mass is 32.1. The van der Waals surface area contributed by atoms with Crippen LogP contribution < -0.4 is 5.73 Å². The third-order valence-electron chi connectivity index (χ3n) is 1.62. The van der Waals surface area contributed by atoms with E-state index in [9.17, 15) is 0 Å². The maximum absolute atomic E-state index is 5.68. The summed E-state index contributed by atoms with van der Waals surface area (Å²) in [5.74, 6) is 0. The first-order valence-corrected chi connectivity index (χ1v) is 4.71. The molecule has 0 saturated carbocycles. The van der Waals surface area contributed by atoms with Gasteiger partial charge in [0.2, 0.25) is 0 Å². The van der Waals surface area contributed by atoms with Gasteiger partial charge in [0.05, 0.1) is 5.69 Å². The summed E-state index contributed by atoms with van der Waals surface area (Å²) < 4.78 is 1.76. The van der Waals surface area contributed by atoms with Crippen molar-refractivity contribution in [3.8, 4) is 5.13 Å². The van der Waals surface area contributed by atoms with Gasteiger partial charge in [0.1, 0.15) is 12.7 Å². The Hall–Kier alpha value is -1.27. The number of aromatic nitrogens is 4. The van der Waals surface area contributed by atoms with Gasteiger partial charge in [-0.2, -0.15) is 0 Å². The average Bonchev–Trinajstić information content (AvgIpc) is 2.75. The van der Waals surface area contributed by atoms with Crippen LogP contribution in [0.2, 0.25) is 0 Å². The second-order valence-electron chi connectivity index (χ2n) is 2.71. The minimum atomic E-state index is -0.0264. The molecule has 0 saturated heterocycles. The zero-order chi connectivity index (χ0) is 9.26. The van der Waals surface area contributed by atoms with Crippen LogP contribution in [0.3, 0.4) is 0 Å². The molecule has 0 spiro atoms. The predicted octanol–water partition coefficient (Wildman–Crippen LogP) is 0.744. The van der Waals surface area contributed by atoms with Crippen molar-refractivity contribution in [1.82, 2.24) is 19.7 Å². The second-order valence-corrected chi connectivity index (χ2v) is 3.55. The van der Waals surface area contributed by atoms with Crippen molar-refractivity contribution < 1.29 is 0 Å². The maximum Gasteiger partial charge on any atom is 0.196 e. The molecule has 0 unspecified atom stereocenters. The van der Waals surface area contributed by atoms with E-state index in [-0.39, 0.29) is 6.04 Å². The fraction of sp³-hybridized carbons (Fsp3) is 0.286. The molecule has 5 nitrogen and oxygen atoms in total. The van der Waals surface area contributed by atoms with Crippen molar-refractivity contribution in [2.75, 3.05) is 0 Å². The molecule has 6 heteroatoms. The summed E-state index contributed by atoms with van der Waals surface area (Å²) in [4.78, 5) is 4.33. The van der Waals surface area contributed by atoms with Crippen molar-refractivity contribution >= 4 is 11.3 Å². The highest BCUT2D eigenvalue weighted by Crippen LogP contribution is 2.17. The molecule has 0 aliphatic carbocycles. The Morgan fingerprint density at radius 2 is 2.15 bits per heavy atom. The molecule has 13 heavy (non-hydrogen) atoms. The van der Waals surface area contributed by atoms with Crippen molar-refractivity contribution in [3.63, 3.8) is 0 Å². The van der Waals surface area contributed by atoms with Crippen LogP contribution in [-0.4, -0.2) is 19.7 Å². The van der Waals surface area contributed by atoms with E-state index in [1.165, 1.54) is 11.3 Å². The van der Waals surface area contributed by atoms with Crippen molar-refractivity contribution in [2.24, 2.45) is 5.73 Å². The van der Waals surface area contributed by atoms with E-state index in [1.54, 1.807) is 17.2 Å². The summed E-state index contributed by atoms with van der Waals surface area (Å²) in [6.07, 6.45) is 3.23. The third-order valence-corrected chi connectivity index (χ3v) is 2.49. The standard InChI is InChI=1S/C7H9N5S/c1-5(8)6-2-13-7(11-6)12-3-9-10-4-12/h2-5H,8H2,1H3/t5-/m1/s1. The van der Waals surface area contributed by atoms with Gasteiger partial charge in [-0.3, -0.25) is 4.57 Å². The van der Waals surface area contributed by atoms with Crippen LogP contribution in [0.25, 0.3) is 5.13 Å². The molecule has 68 valence electrons. The fourth-order valence-electron chi connectivity index (χ4n) is 0.903. The molecular formula is C7H9N5S. The van der Waals surface area contributed by atoms with E-state index in [4.69, 9.17) is 5.73 Å². The van der Waals surface area contributed by atoms with Gasteiger partial charge in [0.15, 0.2) is 5.13 Å². The normalized spacial score (nSPS) is 13.1. The van der Waals surface area contributed by atoms with Crippen molar-refractivity contribution in [1.29, 1.82) is 0 Å². The monoisotopic (exact) mass is 195 g/mol. The first-order chi connectivity index (χ1) is 6.27. The Morgan fingerprint density at radius 3 is 2.69 bits per heavy atom. The molecule has 2 heterocycles. The van der Waals surface area contributed by atoms with Gasteiger partial charge in [-0.1, -0.05) is 0 Å². The zero-order valence-corrected chi connectivity index (χ0v) is 7.90. The molecule has 2 rings (SSSR count). The number of hydrogen-bond donors (Lipinski definition) is 1. The summed E-state index contributed by atoms with van der Waals surface area (Å²) in [6, 6.07) is -0.0264. The number of nitrogens with zero attached hydrogens (tertiary/aromatic N) is 4. The fourth-order valence-corrected chi connectivity index (χ4v) is 1.77.